The first-order valence-electron chi connectivity index (χ1n) is 12.1. The van der Waals surface area contributed by atoms with Crippen LogP contribution < -0.4 is 0 Å². The van der Waals surface area contributed by atoms with Crippen LogP contribution in [0.25, 0.3) is 0 Å². The van der Waals surface area contributed by atoms with Gasteiger partial charge in [-0.2, -0.15) is 0 Å². The van der Waals surface area contributed by atoms with Crippen LogP contribution >= 0.6 is 7.92 Å². The van der Waals surface area contributed by atoms with Crippen molar-refractivity contribution in [3.05, 3.63) is 0 Å². The fraction of sp³-hybridized carbons (Fsp3) is 1.00. The van der Waals surface area contributed by atoms with Gasteiger partial charge in [0.1, 0.15) is 0 Å². The summed E-state index contributed by atoms with van der Waals surface area (Å²) in [5.74, 6) is 0. The summed E-state index contributed by atoms with van der Waals surface area (Å²) in [6.45, 7) is 6.96. The molecule has 26 heavy (non-hydrogen) atoms. The van der Waals surface area contributed by atoms with Gasteiger partial charge in [0.15, 0.2) is 0 Å². The fourth-order valence-corrected chi connectivity index (χ4v) is 6.37. The topological polar surface area (TPSA) is 0 Å². The van der Waals surface area contributed by atoms with Gasteiger partial charge >= 0.3 is 10.1 Å². The standard InChI is InChI=1S/C24H51P.Be.2H/c1-4-7-10-13-16-19-22-25(23-20-17-14-11-8-5-2)24-21-18-15-12-9-6-3;;;/h4-24H2,1-3H3;;;. The molecule has 2 heteroatoms. The summed E-state index contributed by atoms with van der Waals surface area (Å²) in [6, 6.07) is 0. The quantitative estimate of drug-likeness (QED) is 0.106. The Hall–Kier alpha value is 0.599. The monoisotopic (exact) mass is 381 g/mol. The van der Waals surface area contributed by atoms with Gasteiger partial charge in [-0.3, -0.25) is 0 Å². The Bertz CT molecular complexity index is 194. The van der Waals surface area contributed by atoms with Gasteiger partial charge < -0.3 is 0 Å². The zero-order chi connectivity index (χ0) is 18.4. The molecule has 0 nitrogen and oxygen atoms in total. The third-order valence-electron chi connectivity index (χ3n) is 5.48. The van der Waals surface area contributed by atoms with E-state index < -0.39 is 0 Å². The summed E-state index contributed by atoms with van der Waals surface area (Å²) in [7, 11) is 0.366. The summed E-state index contributed by atoms with van der Waals surface area (Å²) in [5, 5.41) is 0. The number of hydrogen-bond donors (Lipinski definition) is 0. The van der Waals surface area contributed by atoms with Crippen molar-refractivity contribution in [1.29, 1.82) is 0 Å². The molecule has 0 rings (SSSR count). The van der Waals surface area contributed by atoms with E-state index in [1.54, 1.807) is 18.5 Å². The van der Waals surface area contributed by atoms with Gasteiger partial charge in [0, 0.05) is 0 Å². The van der Waals surface area contributed by atoms with E-state index in [0.717, 1.165) is 0 Å². The van der Waals surface area contributed by atoms with Crippen LogP contribution in [0, 0.1) is 0 Å². The maximum absolute atomic E-state index is 2.32. The van der Waals surface area contributed by atoms with E-state index in [-0.39, 0.29) is 10.1 Å². The molecule has 0 aromatic rings. The minimum atomic E-state index is 0. The first kappa shape index (κ1) is 28.8. The summed E-state index contributed by atoms with van der Waals surface area (Å²) >= 11 is 0. The molecule has 0 saturated carbocycles. The van der Waals surface area contributed by atoms with E-state index in [9.17, 15) is 0 Å². The molecule has 0 fully saturated rings. The summed E-state index contributed by atoms with van der Waals surface area (Å²) in [5.41, 5.74) is 0. The first-order chi connectivity index (χ1) is 12.3. The van der Waals surface area contributed by atoms with Gasteiger partial charge in [0.2, 0.25) is 0 Å². The molecule has 0 aromatic carbocycles. The molecule has 0 atom stereocenters. The van der Waals surface area contributed by atoms with Crippen molar-refractivity contribution in [3.63, 3.8) is 0 Å². The molecule has 0 aliphatic carbocycles. The second-order valence-electron chi connectivity index (χ2n) is 8.14. The van der Waals surface area contributed by atoms with Crippen LogP contribution in [0.3, 0.4) is 0 Å². The zero-order valence-electron chi connectivity index (χ0n) is 18.3. The zero-order valence-corrected chi connectivity index (χ0v) is 19.2. The molecular weight excluding hydrogens is 328 g/mol. The van der Waals surface area contributed by atoms with Crippen molar-refractivity contribution < 1.29 is 0 Å². The molecule has 0 spiro atoms. The molecule has 0 saturated heterocycles. The molecule has 0 aliphatic rings. The molecule has 0 bridgehead atoms. The van der Waals surface area contributed by atoms with E-state index in [0.29, 0.717) is 7.92 Å². The molecule has 0 unspecified atom stereocenters. The van der Waals surface area contributed by atoms with Crippen LogP contribution in [0.15, 0.2) is 0 Å². The Labute approximate surface area is 173 Å². The van der Waals surface area contributed by atoms with E-state index in [2.05, 4.69) is 20.8 Å². The summed E-state index contributed by atoms with van der Waals surface area (Å²) in [4.78, 5) is 0. The van der Waals surface area contributed by atoms with Crippen LogP contribution in [-0.2, 0) is 0 Å². The van der Waals surface area contributed by atoms with Gasteiger partial charge in [-0.25, -0.2) is 0 Å². The van der Waals surface area contributed by atoms with Crippen LogP contribution in [-0.4, -0.2) is 28.6 Å². The minimum absolute atomic E-state index is 0. The number of hydrogen-bond acceptors (Lipinski definition) is 0. The van der Waals surface area contributed by atoms with E-state index in [1.807, 2.05) is 0 Å². The van der Waals surface area contributed by atoms with E-state index >= 15 is 0 Å². The Morgan fingerprint density at radius 3 is 0.846 bits per heavy atom. The van der Waals surface area contributed by atoms with Crippen LogP contribution in [0.4, 0.5) is 0 Å². The van der Waals surface area contributed by atoms with Gasteiger partial charge in [-0.1, -0.05) is 117 Å². The Morgan fingerprint density at radius 1 is 0.346 bits per heavy atom. The first-order valence-corrected chi connectivity index (χ1v) is 14.0. The van der Waals surface area contributed by atoms with Gasteiger partial charge in [0.25, 0.3) is 0 Å². The molecule has 0 heterocycles. The predicted molar refractivity (Wildman–Crippen MR) is 130 cm³/mol. The van der Waals surface area contributed by atoms with Crippen LogP contribution in [0.2, 0.25) is 0 Å². The van der Waals surface area contributed by atoms with Crippen LogP contribution in [0.1, 0.15) is 136 Å². The third kappa shape index (κ3) is 22.6. The molecule has 0 N–H and O–H groups in total. The second-order valence-corrected chi connectivity index (χ2v) is 10.8. The van der Waals surface area contributed by atoms with Crippen molar-refractivity contribution in [3.8, 4) is 0 Å². The van der Waals surface area contributed by atoms with Crippen molar-refractivity contribution in [1.82, 2.24) is 0 Å². The maximum atomic E-state index is 2.32. The predicted octanol–water partition coefficient (Wildman–Crippen LogP) is 8.63. The second kappa shape index (κ2) is 25.6. The van der Waals surface area contributed by atoms with Gasteiger partial charge in [0.05, 0.1) is 0 Å². The SMILES string of the molecule is CCCCCCCCP(CCCCCCCC)CCCCCCCC.[BeH2]. The van der Waals surface area contributed by atoms with E-state index in [1.165, 1.54) is 116 Å². The van der Waals surface area contributed by atoms with Crippen molar-refractivity contribution in [2.24, 2.45) is 0 Å². The summed E-state index contributed by atoms with van der Waals surface area (Å²) < 4.78 is 0. The number of unbranched alkanes of at least 4 members (excludes halogenated alkanes) is 15. The molecule has 0 aliphatic heterocycles. The van der Waals surface area contributed by atoms with Gasteiger partial charge in [-0.15, -0.1) is 7.92 Å². The molecule has 0 aromatic heterocycles. The van der Waals surface area contributed by atoms with Crippen molar-refractivity contribution >= 4 is 18.0 Å². The van der Waals surface area contributed by atoms with Gasteiger partial charge in [-0.05, 0) is 37.7 Å². The average molecular weight is 382 g/mol. The normalized spacial score (nSPS) is 11.1. The van der Waals surface area contributed by atoms with E-state index in [4.69, 9.17) is 0 Å². The fourth-order valence-electron chi connectivity index (χ4n) is 3.68. The van der Waals surface area contributed by atoms with Crippen molar-refractivity contribution in [2.75, 3.05) is 18.5 Å². The molecule has 156 valence electrons. The average Bonchev–Trinajstić information content (AvgIpc) is 2.63. The Balaban J connectivity index is 0. The Kier molecular flexibility index (Phi) is 28.4. The molecule has 0 radical (unpaired) electrons. The Morgan fingerprint density at radius 2 is 0.577 bits per heavy atom. The third-order valence-corrected chi connectivity index (χ3v) is 8.33. The number of rotatable bonds is 21. The molecule has 0 amide bonds. The van der Waals surface area contributed by atoms with Crippen molar-refractivity contribution in [2.45, 2.75) is 136 Å². The summed E-state index contributed by atoms with van der Waals surface area (Å²) in [6.07, 6.45) is 31.2. The molecular formula is C24H53BeP. The van der Waals surface area contributed by atoms with Crippen LogP contribution in [0.5, 0.6) is 0 Å².